The van der Waals surface area contributed by atoms with Gasteiger partial charge in [-0.15, -0.1) is 0 Å². The van der Waals surface area contributed by atoms with Crippen molar-refractivity contribution in [3.05, 3.63) is 0 Å². The van der Waals surface area contributed by atoms with Crippen LogP contribution < -0.4 is 11.5 Å². The van der Waals surface area contributed by atoms with Crippen LogP contribution in [0.15, 0.2) is 0 Å². The average molecular weight is 229 g/mol. The van der Waals surface area contributed by atoms with Crippen molar-refractivity contribution in [1.82, 2.24) is 4.90 Å². The molecule has 4 N–H and O–H groups in total. The molecule has 0 aromatic heterocycles. The number of primary amides is 1. The zero-order chi connectivity index (χ0) is 12.2. The van der Waals surface area contributed by atoms with Crippen LogP contribution in [0.1, 0.15) is 26.7 Å². The number of nitrogens with zero attached hydrogens (tertiary/aromatic N) is 1. The van der Waals surface area contributed by atoms with Gasteiger partial charge in [-0.05, 0) is 26.7 Å². The SMILES string of the molecule is CC(CC(C)(N)C(N)=O)N1CCCOCC1. The molecular formula is C11H23N3O2. The van der Waals surface area contributed by atoms with Crippen LogP contribution in [0.25, 0.3) is 0 Å². The summed E-state index contributed by atoms with van der Waals surface area (Å²) in [6.07, 6.45) is 1.62. The first-order valence-corrected chi connectivity index (χ1v) is 5.84. The van der Waals surface area contributed by atoms with Crippen LogP contribution in [0.2, 0.25) is 0 Å². The summed E-state index contributed by atoms with van der Waals surface area (Å²) in [5, 5.41) is 0. The Hall–Kier alpha value is -0.650. The monoisotopic (exact) mass is 229 g/mol. The minimum atomic E-state index is -0.924. The van der Waals surface area contributed by atoms with Crippen molar-refractivity contribution in [2.45, 2.75) is 38.3 Å². The maximum Gasteiger partial charge on any atom is 0.237 e. The Labute approximate surface area is 97.1 Å². The summed E-state index contributed by atoms with van der Waals surface area (Å²) < 4.78 is 5.39. The fourth-order valence-electron chi connectivity index (χ4n) is 2.05. The fourth-order valence-corrected chi connectivity index (χ4v) is 2.05. The molecule has 5 heteroatoms. The van der Waals surface area contributed by atoms with E-state index in [0.29, 0.717) is 6.42 Å². The van der Waals surface area contributed by atoms with Gasteiger partial charge in [0.2, 0.25) is 5.91 Å². The number of amides is 1. The Balaban J connectivity index is 2.49. The number of ether oxygens (including phenoxy) is 1. The second-order valence-corrected chi connectivity index (χ2v) is 4.84. The first-order chi connectivity index (χ1) is 7.43. The molecule has 94 valence electrons. The van der Waals surface area contributed by atoms with E-state index in [4.69, 9.17) is 16.2 Å². The largest absolute Gasteiger partial charge is 0.380 e. The second-order valence-electron chi connectivity index (χ2n) is 4.84. The molecular weight excluding hydrogens is 206 g/mol. The summed E-state index contributed by atoms with van der Waals surface area (Å²) in [6.45, 7) is 7.24. The van der Waals surface area contributed by atoms with Gasteiger partial charge in [-0.1, -0.05) is 0 Å². The molecule has 0 spiro atoms. The van der Waals surface area contributed by atoms with Crippen LogP contribution >= 0.6 is 0 Å². The maximum absolute atomic E-state index is 11.2. The lowest BCUT2D eigenvalue weighted by Crippen LogP contribution is -2.53. The predicted molar refractivity (Wildman–Crippen MR) is 62.9 cm³/mol. The van der Waals surface area contributed by atoms with E-state index in [0.717, 1.165) is 32.7 Å². The molecule has 1 fully saturated rings. The normalized spacial score (nSPS) is 24.4. The Morgan fingerprint density at radius 1 is 1.50 bits per heavy atom. The van der Waals surface area contributed by atoms with Gasteiger partial charge < -0.3 is 16.2 Å². The molecule has 1 aliphatic rings. The molecule has 2 unspecified atom stereocenters. The van der Waals surface area contributed by atoms with Crippen molar-refractivity contribution in [2.75, 3.05) is 26.3 Å². The molecule has 1 amide bonds. The third-order valence-corrected chi connectivity index (χ3v) is 3.16. The molecule has 0 radical (unpaired) electrons. The molecule has 0 bridgehead atoms. The topological polar surface area (TPSA) is 81.6 Å². The van der Waals surface area contributed by atoms with Crippen molar-refractivity contribution in [3.63, 3.8) is 0 Å². The van der Waals surface area contributed by atoms with Crippen molar-refractivity contribution >= 4 is 5.91 Å². The van der Waals surface area contributed by atoms with Gasteiger partial charge in [-0.3, -0.25) is 9.69 Å². The van der Waals surface area contributed by atoms with Gasteiger partial charge in [0.1, 0.15) is 0 Å². The number of nitrogens with two attached hydrogens (primary N) is 2. The Morgan fingerprint density at radius 2 is 2.19 bits per heavy atom. The van der Waals surface area contributed by atoms with Gasteiger partial charge >= 0.3 is 0 Å². The van der Waals surface area contributed by atoms with Crippen molar-refractivity contribution in [3.8, 4) is 0 Å². The molecule has 0 aliphatic carbocycles. The summed E-state index contributed by atoms with van der Waals surface area (Å²) >= 11 is 0. The number of carbonyl (C=O) groups excluding carboxylic acids is 1. The summed E-state index contributed by atoms with van der Waals surface area (Å²) in [6, 6.07) is 0.254. The van der Waals surface area contributed by atoms with E-state index in [-0.39, 0.29) is 6.04 Å². The van der Waals surface area contributed by atoms with E-state index in [1.807, 2.05) is 0 Å². The van der Waals surface area contributed by atoms with Gasteiger partial charge in [-0.2, -0.15) is 0 Å². The summed E-state index contributed by atoms with van der Waals surface area (Å²) in [7, 11) is 0. The number of hydrogen-bond acceptors (Lipinski definition) is 4. The van der Waals surface area contributed by atoms with Gasteiger partial charge in [0.25, 0.3) is 0 Å². The van der Waals surface area contributed by atoms with Crippen molar-refractivity contribution in [2.24, 2.45) is 11.5 Å². The maximum atomic E-state index is 11.2. The summed E-state index contributed by atoms with van der Waals surface area (Å²) in [5.74, 6) is -0.439. The number of rotatable bonds is 4. The highest BCUT2D eigenvalue weighted by atomic mass is 16.5. The molecule has 2 atom stereocenters. The summed E-state index contributed by atoms with van der Waals surface area (Å²) in [5.41, 5.74) is 10.2. The van der Waals surface area contributed by atoms with E-state index < -0.39 is 11.4 Å². The first-order valence-electron chi connectivity index (χ1n) is 5.84. The first kappa shape index (κ1) is 13.4. The summed E-state index contributed by atoms with van der Waals surface area (Å²) in [4.78, 5) is 13.5. The van der Waals surface area contributed by atoms with Crippen LogP contribution in [0, 0.1) is 0 Å². The predicted octanol–water partition coefficient (Wildman–Crippen LogP) is -0.310. The van der Waals surface area contributed by atoms with Gasteiger partial charge in [0.15, 0.2) is 0 Å². The lowest BCUT2D eigenvalue weighted by Gasteiger charge is -2.32. The quantitative estimate of drug-likeness (QED) is 0.693. The average Bonchev–Trinajstić information content (AvgIpc) is 2.44. The molecule has 1 saturated heterocycles. The highest BCUT2D eigenvalue weighted by Crippen LogP contribution is 2.15. The molecule has 1 rings (SSSR count). The van der Waals surface area contributed by atoms with E-state index in [1.54, 1.807) is 6.92 Å². The van der Waals surface area contributed by atoms with E-state index >= 15 is 0 Å². The second kappa shape index (κ2) is 5.61. The van der Waals surface area contributed by atoms with E-state index in [9.17, 15) is 4.79 Å². The molecule has 0 aromatic carbocycles. The lowest BCUT2D eigenvalue weighted by molar-refractivity contribution is -0.123. The van der Waals surface area contributed by atoms with Gasteiger partial charge in [-0.25, -0.2) is 0 Å². The highest BCUT2D eigenvalue weighted by molar-refractivity contribution is 5.83. The molecule has 0 aromatic rings. The molecule has 1 aliphatic heterocycles. The lowest BCUT2D eigenvalue weighted by atomic mass is 9.93. The van der Waals surface area contributed by atoms with E-state index in [1.165, 1.54) is 0 Å². The minimum absolute atomic E-state index is 0.254. The van der Waals surface area contributed by atoms with E-state index in [2.05, 4.69) is 11.8 Å². The molecule has 16 heavy (non-hydrogen) atoms. The highest BCUT2D eigenvalue weighted by Gasteiger charge is 2.30. The molecule has 0 saturated carbocycles. The van der Waals surface area contributed by atoms with Crippen LogP contribution in [-0.4, -0.2) is 48.7 Å². The van der Waals surface area contributed by atoms with Gasteiger partial charge in [0, 0.05) is 25.7 Å². The minimum Gasteiger partial charge on any atom is -0.380 e. The number of hydrogen-bond donors (Lipinski definition) is 2. The third kappa shape index (κ3) is 3.73. The van der Waals surface area contributed by atoms with Crippen LogP contribution in [0.4, 0.5) is 0 Å². The van der Waals surface area contributed by atoms with Crippen LogP contribution in [0.3, 0.4) is 0 Å². The Bertz CT molecular complexity index is 235. The fraction of sp³-hybridized carbons (Fsp3) is 0.909. The van der Waals surface area contributed by atoms with Gasteiger partial charge in [0.05, 0.1) is 12.1 Å². The zero-order valence-corrected chi connectivity index (χ0v) is 10.2. The third-order valence-electron chi connectivity index (χ3n) is 3.16. The van der Waals surface area contributed by atoms with Crippen LogP contribution in [0.5, 0.6) is 0 Å². The van der Waals surface area contributed by atoms with Crippen molar-refractivity contribution in [1.29, 1.82) is 0 Å². The van der Waals surface area contributed by atoms with Crippen molar-refractivity contribution < 1.29 is 9.53 Å². The standard InChI is InChI=1S/C11H23N3O2/c1-9(8-11(2,13)10(12)15)14-4-3-6-16-7-5-14/h9H,3-8,13H2,1-2H3,(H2,12,15). The molecule has 5 nitrogen and oxygen atoms in total. The van der Waals surface area contributed by atoms with Crippen LogP contribution in [-0.2, 0) is 9.53 Å². The molecule has 1 heterocycles. The Kier molecular flexibility index (Phi) is 4.70. The Morgan fingerprint density at radius 3 is 2.81 bits per heavy atom. The smallest absolute Gasteiger partial charge is 0.237 e. The number of carbonyl (C=O) groups is 1. The zero-order valence-electron chi connectivity index (χ0n) is 10.2.